The lowest BCUT2D eigenvalue weighted by atomic mass is 9.90. The lowest BCUT2D eigenvalue weighted by Gasteiger charge is -2.51. The summed E-state index contributed by atoms with van der Waals surface area (Å²) < 4.78 is 12.7. The van der Waals surface area contributed by atoms with Crippen LogP contribution in [0, 0.1) is 13.8 Å². The van der Waals surface area contributed by atoms with Crippen molar-refractivity contribution in [1.82, 2.24) is 9.91 Å². The third-order valence-corrected chi connectivity index (χ3v) is 7.12. The number of piperidine rings is 1. The summed E-state index contributed by atoms with van der Waals surface area (Å²) >= 11 is 0. The number of carbonyl (C=O) groups excluding carboxylic acids is 1. The second kappa shape index (κ2) is 7.84. The number of ether oxygens (including phenoxy) is 2. The highest BCUT2D eigenvalue weighted by Crippen LogP contribution is 2.52. The molecule has 0 radical (unpaired) electrons. The summed E-state index contributed by atoms with van der Waals surface area (Å²) in [6, 6.07) is 12.8. The summed E-state index contributed by atoms with van der Waals surface area (Å²) in [5.41, 5.74) is 5.37. The van der Waals surface area contributed by atoms with Crippen LogP contribution in [0.3, 0.4) is 0 Å². The number of hydrogen-bond donors (Lipinski definition) is 0. The molecule has 1 spiro atoms. The normalized spacial score (nSPS) is 21.0. The average Bonchev–Trinajstić information content (AvgIpc) is 3.24. The van der Waals surface area contributed by atoms with Gasteiger partial charge < -0.3 is 14.4 Å². The SMILES string of the molecule is CCOc1cccc2c1OC1(CCN(C(C)=O)CC1)N1N=C(c3ccc(C)c(C)c3)C[C@@H]21. The fourth-order valence-electron chi connectivity index (χ4n) is 5.14. The monoisotopic (exact) mass is 433 g/mol. The highest BCUT2D eigenvalue weighted by molar-refractivity contribution is 6.02. The lowest BCUT2D eigenvalue weighted by Crippen LogP contribution is -2.59. The van der Waals surface area contributed by atoms with Gasteiger partial charge in [-0.05, 0) is 49.6 Å². The van der Waals surface area contributed by atoms with Crippen LogP contribution in [0.4, 0.5) is 0 Å². The summed E-state index contributed by atoms with van der Waals surface area (Å²) in [4.78, 5) is 13.9. The van der Waals surface area contributed by atoms with E-state index in [1.807, 2.05) is 24.0 Å². The second-order valence-electron chi connectivity index (χ2n) is 9.07. The van der Waals surface area contributed by atoms with Crippen molar-refractivity contribution in [3.05, 3.63) is 58.7 Å². The fraction of sp³-hybridized carbons (Fsp3) is 0.462. The van der Waals surface area contributed by atoms with Gasteiger partial charge in [0.2, 0.25) is 11.6 Å². The minimum atomic E-state index is -0.571. The van der Waals surface area contributed by atoms with Crippen LogP contribution in [0.1, 0.15) is 61.4 Å². The van der Waals surface area contributed by atoms with Crippen LogP contribution in [-0.2, 0) is 4.79 Å². The van der Waals surface area contributed by atoms with Gasteiger partial charge in [-0.1, -0.05) is 24.3 Å². The molecule has 3 aliphatic heterocycles. The number of amides is 1. The Labute approximate surface area is 189 Å². The zero-order valence-electron chi connectivity index (χ0n) is 19.4. The number of hydrogen-bond acceptors (Lipinski definition) is 5. The van der Waals surface area contributed by atoms with Crippen molar-refractivity contribution < 1.29 is 14.3 Å². The second-order valence-corrected chi connectivity index (χ2v) is 9.07. The summed E-state index contributed by atoms with van der Waals surface area (Å²) in [7, 11) is 0. The van der Waals surface area contributed by atoms with Crippen LogP contribution in [0.2, 0.25) is 0 Å². The molecular formula is C26H31N3O3. The maximum atomic E-state index is 12.0. The molecule has 0 aromatic heterocycles. The van der Waals surface area contributed by atoms with Crippen molar-refractivity contribution in [1.29, 1.82) is 0 Å². The molecule has 168 valence electrons. The average molecular weight is 434 g/mol. The Bertz CT molecular complexity index is 1090. The van der Waals surface area contributed by atoms with E-state index in [9.17, 15) is 4.79 Å². The molecular weight excluding hydrogens is 402 g/mol. The van der Waals surface area contributed by atoms with E-state index in [1.165, 1.54) is 16.7 Å². The highest BCUT2D eigenvalue weighted by atomic mass is 16.6. The predicted octanol–water partition coefficient (Wildman–Crippen LogP) is 4.58. The number of nitrogens with zero attached hydrogens (tertiary/aromatic N) is 3. The van der Waals surface area contributed by atoms with E-state index in [0.717, 1.165) is 29.2 Å². The maximum absolute atomic E-state index is 12.0. The van der Waals surface area contributed by atoms with Crippen LogP contribution in [0.25, 0.3) is 0 Å². The van der Waals surface area contributed by atoms with E-state index in [-0.39, 0.29) is 11.9 Å². The van der Waals surface area contributed by atoms with Crippen molar-refractivity contribution in [3.8, 4) is 11.5 Å². The molecule has 2 aromatic carbocycles. The molecule has 32 heavy (non-hydrogen) atoms. The van der Waals surface area contributed by atoms with Crippen molar-refractivity contribution in [2.45, 2.75) is 58.7 Å². The molecule has 0 N–H and O–H groups in total. The van der Waals surface area contributed by atoms with Gasteiger partial charge in [-0.25, -0.2) is 5.01 Å². The first kappa shape index (κ1) is 20.9. The Morgan fingerprint density at radius 3 is 2.66 bits per heavy atom. The molecule has 3 aliphatic rings. The van der Waals surface area contributed by atoms with Crippen LogP contribution >= 0.6 is 0 Å². The van der Waals surface area contributed by atoms with E-state index in [2.05, 4.69) is 43.1 Å². The van der Waals surface area contributed by atoms with E-state index in [0.29, 0.717) is 32.5 Å². The molecule has 1 saturated heterocycles. The van der Waals surface area contributed by atoms with Gasteiger partial charge in [0.05, 0.1) is 18.4 Å². The van der Waals surface area contributed by atoms with Crippen LogP contribution in [0.5, 0.6) is 11.5 Å². The third kappa shape index (κ3) is 3.33. The molecule has 0 saturated carbocycles. The van der Waals surface area contributed by atoms with Gasteiger partial charge in [-0.3, -0.25) is 4.79 Å². The number of para-hydroxylation sites is 1. The molecule has 6 nitrogen and oxygen atoms in total. The van der Waals surface area contributed by atoms with E-state index < -0.39 is 5.72 Å². The molecule has 1 amide bonds. The quantitative estimate of drug-likeness (QED) is 0.711. The van der Waals surface area contributed by atoms with E-state index >= 15 is 0 Å². The third-order valence-electron chi connectivity index (χ3n) is 7.12. The van der Waals surface area contributed by atoms with Gasteiger partial charge in [0.15, 0.2) is 11.5 Å². The van der Waals surface area contributed by atoms with E-state index in [1.54, 1.807) is 6.92 Å². The molecule has 0 bridgehead atoms. The summed E-state index contributed by atoms with van der Waals surface area (Å²) in [6.07, 6.45) is 2.26. The van der Waals surface area contributed by atoms with Gasteiger partial charge in [0.25, 0.3) is 0 Å². The Balaban J connectivity index is 1.57. The molecule has 2 aromatic rings. The van der Waals surface area contributed by atoms with Gasteiger partial charge in [-0.2, -0.15) is 5.10 Å². The predicted molar refractivity (Wildman–Crippen MR) is 124 cm³/mol. The number of likely N-dealkylation sites (tertiary alicyclic amines) is 1. The molecule has 0 aliphatic carbocycles. The van der Waals surface area contributed by atoms with Gasteiger partial charge >= 0.3 is 0 Å². The van der Waals surface area contributed by atoms with Crippen molar-refractivity contribution >= 4 is 11.6 Å². The summed E-state index contributed by atoms with van der Waals surface area (Å²) in [6.45, 7) is 9.83. The number of hydrazone groups is 1. The molecule has 0 unspecified atom stereocenters. The van der Waals surface area contributed by atoms with Crippen LogP contribution in [-0.4, -0.2) is 46.9 Å². The number of carbonyl (C=O) groups is 1. The molecule has 5 rings (SSSR count). The van der Waals surface area contributed by atoms with Crippen molar-refractivity contribution in [3.63, 3.8) is 0 Å². The number of aryl methyl sites for hydroxylation is 2. The number of rotatable bonds is 3. The minimum Gasteiger partial charge on any atom is -0.490 e. The summed E-state index contributed by atoms with van der Waals surface area (Å²) in [5.74, 6) is 1.74. The largest absolute Gasteiger partial charge is 0.490 e. The maximum Gasteiger partial charge on any atom is 0.219 e. The van der Waals surface area contributed by atoms with Crippen LogP contribution in [0.15, 0.2) is 41.5 Å². The zero-order valence-corrected chi connectivity index (χ0v) is 19.4. The van der Waals surface area contributed by atoms with Crippen molar-refractivity contribution in [2.75, 3.05) is 19.7 Å². The molecule has 6 heteroatoms. The Kier molecular flexibility index (Phi) is 5.11. The van der Waals surface area contributed by atoms with Crippen molar-refractivity contribution in [2.24, 2.45) is 5.10 Å². The molecule has 1 fully saturated rings. The minimum absolute atomic E-state index is 0.0969. The number of benzene rings is 2. The first-order valence-corrected chi connectivity index (χ1v) is 11.6. The fourth-order valence-corrected chi connectivity index (χ4v) is 5.14. The Hall–Kier alpha value is -3.02. The molecule has 1 atom stereocenters. The smallest absolute Gasteiger partial charge is 0.219 e. The van der Waals surface area contributed by atoms with Crippen LogP contribution < -0.4 is 9.47 Å². The topological polar surface area (TPSA) is 54.4 Å². The Morgan fingerprint density at radius 1 is 1.19 bits per heavy atom. The first-order valence-electron chi connectivity index (χ1n) is 11.6. The van der Waals surface area contributed by atoms with Gasteiger partial charge in [0, 0.05) is 44.8 Å². The van der Waals surface area contributed by atoms with Gasteiger partial charge in [-0.15, -0.1) is 0 Å². The lowest BCUT2D eigenvalue weighted by molar-refractivity contribution is -0.159. The first-order chi connectivity index (χ1) is 15.4. The van der Waals surface area contributed by atoms with E-state index in [4.69, 9.17) is 14.6 Å². The Morgan fingerprint density at radius 2 is 1.97 bits per heavy atom. The number of fused-ring (bicyclic) bond motifs is 4. The zero-order chi connectivity index (χ0) is 22.5. The standard InChI is InChI=1S/C26H31N3O3/c1-5-31-24-8-6-7-21-23-16-22(20-10-9-17(2)18(3)15-20)27-29(23)26(32-25(21)24)11-13-28(14-12-26)19(4)30/h6-10,15,23H,5,11-14,16H2,1-4H3/t23-/m0/s1. The summed E-state index contributed by atoms with van der Waals surface area (Å²) in [5, 5.41) is 7.34. The molecule has 3 heterocycles. The van der Waals surface area contributed by atoms with Gasteiger partial charge in [0.1, 0.15) is 0 Å². The highest BCUT2D eigenvalue weighted by Gasteiger charge is 2.52.